The van der Waals surface area contributed by atoms with Crippen LogP contribution in [-0.4, -0.2) is 29.2 Å². The Morgan fingerprint density at radius 2 is 1.51 bits per heavy atom. The van der Waals surface area contributed by atoms with Crippen LogP contribution in [-0.2, 0) is 28.0 Å². The van der Waals surface area contributed by atoms with Crippen molar-refractivity contribution in [2.24, 2.45) is 0 Å². The van der Waals surface area contributed by atoms with Gasteiger partial charge in [-0.3, -0.25) is 0 Å². The zero-order chi connectivity index (χ0) is 28.6. The minimum Gasteiger partial charge on any atom is -0.478 e. The fraction of sp³-hybridized carbons (Fsp3) is 0.233. The van der Waals surface area contributed by atoms with Crippen LogP contribution in [0, 0.1) is 0 Å². The molecule has 0 unspecified atom stereocenters. The van der Waals surface area contributed by atoms with E-state index in [0.717, 1.165) is 27.2 Å². The van der Waals surface area contributed by atoms with Gasteiger partial charge in [0.25, 0.3) is 0 Å². The van der Waals surface area contributed by atoms with Gasteiger partial charge in [0.15, 0.2) is 0 Å². The van der Waals surface area contributed by atoms with Gasteiger partial charge < -0.3 is 5.11 Å². The summed E-state index contributed by atoms with van der Waals surface area (Å²) < 4.78 is 68.2. The van der Waals surface area contributed by atoms with E-state index in [1.165, 1.54) is 30.3 Å². The number of aromatic nitrogens is 1. The van der Waals surface area contributed by atoms with E-state index in [9.17, 15) is 26.4 Å². The van der Waals surface area contributed by atoms with E-state index in [2.05, 4.69) is 20.8 Å². The first-order valence-corrected chi connectivity index (χ1v) is 13.8. The highest BCUT2D eigenvalue weighted by molar-refractivity contribution is 7.90. The van der Waals surface area contributed by atoms with Gasteiger partial charge >= 0.3 is 12.1 Å². The molecule has 0 spiro atoms. The molecule has 1 aromatic heterocycles. The van der Waals surface area contributed by atoms with Gasteiger partial charge in [-0.1, -0.05) is 69.3 Å². The highest BCUT2D eigenvalue weighted by atomic mass is 32.2. The Bertz CT molecular complexity index is 1640. The van der Waals surface area contributed by atoms with E-state index < -0.39 is 27.7 Å². The number of aromatic carboxylic acids is 1. The third-order valence-corrected chi connectivity index (χ3v) is 8.02. The number of hydrogen-bond acceptors (Lipinski definition) is 3. The maximum Gasteiger partial charge on any atom is 0.416 e. The molecule has 0 amide bonds. The van der Waals surface area contributed by atoms with Gasteiger partial charge in [-0.25, -0.2) is 17.2 Å². The molecule has 0 saturated heterocycles. The summed E-state index contributed by atoms with van der Waals surface area (Å²) in [5.41, 5.74) is 2.18. The van der Waals surface area contributed by atoms with E-state index >= 15 is 0 Å². The largest absolute Gasteiger partial charge is 0.478 e. The molecule has 1 heterocycles. The second-order valence-electron chi connectivity index (χ2n) is 10.4. The molecule has 0 aliphatic rings. The fourth-order valence-electron chi connectivity index (χ4n) is 4.32. The van der Waals surface area contributed by atoms with Crippen molar-refractivity contribution in [3.63, 3.8) is 0 Å². The Morgan fingerprint density at radius 3 is 2.08 bits per heavy atom. The fourth-order valence-corrected chi connectivity index (χ4v) is 5.75. The van der Waals surface area contributed by atoms with Crippen molar-refractivity contribution in [3.8, 4) is 0 Å². The van der Waals surface area contributed by atoms with Crippen LogP contribution in [0.15, 0.2) is 78.9 Å². The molecule has 3 aromatic carbocycles. The number of carboxylic acid groups (broad SMARTS) is 1. The lowest BCUT2D eigenvalue weighted by Crippen LogP contribution is -2.18. The summed E-state index contributed by atoms with van der Waals surface area (Å²) in [5.74, 6) is -1.47. The second-order valence-corrected chi connectivity index (χ2v) is 12.3. The molecule has 0 bridgehead atoms. The molecule has 5 nitrogen and oxygen atoms in total. The average molecular weight is 556 g/mol. The Morgan fingerprint density at radius 1 is 0.897 bits per heavy atom. The predicted octanol–water partition coefficient (Wildman–Crippen LogP) is 7.14. The predicted molar refractivity (Wildman–Crippen MR) is 147 cm³/mol. The van der Waals surface area contributed by atoms with Crippen LogP contribution >= 0.6 is 0 Å². The van der Waals surface area contributed by atoms with Crippen molar-refractivity contribution >= 4 is 33.0 Å². The van der Waals surface area contributed by atoms with Crippen molar-refractivity contribution in [1.82, 2.24) is 3.97 Å². The summed E-state index contributed by atoms with van der Waals surface area (Å²) in [6.45, 7) is 6.30. The van der Waals surface area contributed by atoms with Gasteiger partial charge in [0.2, 0.25) is 10.0 Å². The quantitative estimate of drug-likeness (QED) is 0.263. The number of fused-ring (bicyclic) bond motifs is 1. The third kappa shape index (κ3) is 6.42. The average Bonchev–Trinajstić information content (AvgIpc) is 3.21. The topological polar surface area (TPSA) is 76.4 Å². The van der Waals surface area contributed by atoms with Crippen LogP contribution in [0.25, 0.3) is 17.0 Å². The van der Waals surface area contributed by atoms with Crippen molar-refractivity contribution < 1.29 is 31.5 Å². The normalized spacial score (nSPS) is 12.9. The van der Waals surface area contributed by atoms with Crippen molar-refractivity contribution in [2.45, 2.75) is 38.8 Å². The zero-order valence-electron chi connectivity index (χ0n) is 21.7. The number of alkyl halides is 3. The maximum atomic E-state index is 13.5. The van der Waals surface area contributed by atoms with Crippen LogP contribution in [0.5, 0.6) is 0 Å². The molecule has 0 aliphatic carbocycles. The van der Waals surface area contributed by atoms with E-state index in [1.54, 1.807) is 18.2 Å². The van der Waals surface area contributed by atoms with Crippen LogP contribution in [0.3, 0.4) is 0 Å². The minimum atomic E-state index is -4.58. The summed E-state index contributed by atoms with van der Waals surface area (Å²) in [7, 11) is -4.01. The first-order chi connectivity index (χ1) is 18.1. The highest BCUT2D eigenvalue weighted by Crippen LogP contribution is 2.33. The molecule has 0 fully saturated rings. The number of rotatable bonds is 7. The lowest BCUT2D eigenvalue weighted by Gasteiger charge is -2.18. The Kier molecular flexibility index (Phi) is 7.49. The molecule has 0 atom stereocenters. The summed E-state index contributed by atoms with van der Waals surface area (Å²) in [6.07, 6.45) is -1.29. The van der Waals surface area contributed by atoms with Crippen LogP contribution in [0.1, 0.15) is 59.1 Å². The van der Waals surface area contributed by atoms with Crippen LogP contribution < -0.4 is 0 Å². The first-order valence-electron chi connectivity index (χ1n) is 12.2. The van der Waals surface area contributed by atoms with Crippen LogP contribution in [0.4, 0.5) is 13.2 Å². The van der Waals surface area contributed by atoms with Crippen molar-refractivity contribution in [2.75, 3.05) is 5.75 Å². The first kappa shape index (κ1) is 28.2. The standard InChI is InChI=1S/C30H28F3NO4S/c1-29(2,3)24-12-8-20(9-13-24)5-4-16-39(37,38)34-26(17-21-6-10-22(11-7-21)28(35)36)19-23-18-25(30(31,32)33)14-15-27(23)34/h4-15,18-19H,16-17H2,1-3H3,(H,35,36). The molecule has 1 N–H and O–H groups in total. The number of nitrogens with zero attached hydrogens (tertiary/aromatic N) is 1. The second kappa shape index (κ2) is 10.4. The number of benzene rings is 3. The van der Waals surface area contributed by atoms with E-state index in [4.69, 9.17) is 5.11 Å². The Hall–Kier alpha value is -3.85. The SMILES string of the molecule is CC(C)(C)c1ccc(C=CCS(=O)(=O)n2c(Cc3ccc(C(=O)O)cc3)cc3cc(C(F)(F)F)ccc32)cc1. The van der Waals surface area contributed by atoms with E-state index in [-0.39, 0.29) is 39.7 Å². The number of halogens is 3. The molecule has 4 rings (SSSR count). The third-order valence-electron chi connectivity index (χ3n) is 6.41. The van der Waals surface area contributed by atoms with Crippen molar-refractivity contribution in [3.05, 3.63) is 112 Å². The lowest BCUT2D eigenvalue weighted by atomic mass is 9.87. The molecular weight excluding hydrogens is 527 g/mol. The summed E-state index contributed by atoms with van der Waals surface area (Å²) in [4.78, 5) is 11.2. The number of carbonyl (C=O) groups is 1. The van der Waals surface area contributed by atoms with Gasteiger partial charge in [0.05, 0.1) is 22.4 Å². The summed E-state index contributed by atoms with van der Waals surface area (Å²) in [6, 6.07) is 18.1. The Balaban J connectivity index is 1.70. The number of hydrogen-bond donors (Lipinski definition) is 1. The number of carboxylic acids is 1. The molecule has 204 valence electrons. The zero-order valence-corrected chi connectivity index (χ0v) is 22.5. The molecular formula is C30H28F3NO4S. The monoisotopic (exact) mass is 555 g/mol. The van der Waals surface area contributed by atoms with Crippen LogP contribution in [0.2, 0.25) is 0 Å². The van der Waals surface area contributed by atoms with Gasteiger partial charge in [-0.05, 0) is 58.5 Å². The Labute approximate surface area is 225 Å². The molecule has 39 heavy (non-hydrogen) atoms. The van der Waals surface area contributed by atoms with Gasteiger partial charge in [0, 0.05) is 17.5 Å². The molecule has 0 radical (unpaired) electrons. The van der Waals surface area contributed by atoms with E-state index in [0.29, 0.717) is 5.56 Å². The van der Waals surface area contributed by atoms with Gasteiger partial charge in [0.1, 0.15) is 0 Å². The van der Waals surface area contributed by atoms with E-state index in [1.807, 2.05) is 24.3 Å². The van der Waals surface area contributed by atoms with Gasteiger partial charge in [-0.15, -0.1) is 0 Å². The maximum absolute atomic E-state index is 13.5. The summed E-state index contributed by atoms with van der Waals surface area (Å²) in [5, 5.41) is 9.28. The summed E-state index contributed by atoms with van der Waals surface area (Å²) >= 11 is 0. The highest BCUT2D eigenvalue weighted by Gasteiger charge is 2.31. The molecule has 0 saturated carbocycles. The van der Waals surface area contributed by atoms with Crippen molar-refractivity contribution in [1.29, 1.82) is 0 Å². The molecule has 4 aromatic rings. The minimum absolute atomic E-state index is 0.0165. The molecule has 0 aliphatic heterocycles. The smallest absolute Gasteiger partial charge is 0.416 e. The lowest BCUT2D eigenvalue weighted by molar-refractivity contribution is -0.137. The van der Waals surface area contributed by atoms with Gasteiger partial charge in [-0.2, -0.15) is 13.2 Å². The molecule has 9 heteroatoms.